The number of halogens is 3. The molecule has 0 bridgehead atoms. The van der Waals surface area contributed by atoms with Crippen LogP contribution in [-0.2, 0) is 9.59 Å². The van der Waals surface area contributed by atoms with Gasteiger partial charge in [-0.1, -0.05) is 0 Å². The van der Waals surface area contributed by atoms with Gasteiger partial charge in [-0.25, -0.2) is 4.98 Å². The van der Waals surface area contributed by atoms with Gasteiger partial charge in [-0.2, -0.15) is 13.2 Å². The summed E-state index contributed by atoms with van der Waals surface area (Å²) in [4.78, 5) is 24.9. The minimum absolute atomic E-state index is 0.162. The molecule has 0 atom stereocenters. The van der Waals surface area contributed by atoms with Gasteiger partial charge in [-0.3, -0.25) is 9.59 Å². The Morgan fingerprint density at radius 2 is 2.13 bits per heavy atom. The highest BCUT2D eigenvalue weighted by atomic mass is 32.1. The lowest BCUT2D eigenvalue weighted by Crippen LogP contribution is -2.27. The smallest absolute Gasteiger partial charge is 0.302 e. The highest BCUT2D eigenvalue weighted by Crippen LogP contribution is 2.18. The number of Topliss-reactive ketones (excluding diaryl/α,β-unsaturated/α-hetero) is 1. The van der Waals surface area contributed by atoms with Gasteiger partial charge in [-0.05, 0) is 0 Å². The molecule has 0 radical (unpaired) electrons. The van der Waals surface area contributed by atoms with E-state index in [-0.39, 0.29) is 5.13 Å². The Morgan fingerprint density at radius 3 is 2.60 bits per heavy atom. The third-order valence-electron chi connectivity index (χ3n) is 1.32. The van der Waals surface area contributed by atoms with Gasteiger partial charge >= 0.3 is 6.18 Å². The van der Waals surface area contributed by atoms with Crippen LogP contribution in [0.2, 0.25) is 0 Å². The van der Waals surface area contributed by atoms with Gasteiger partial charge in [0.25, 0.3) is 0 Å². The summed E-state index contributed by atoms with van der Waals surface area (Å²) in [5, 5.41) is 3.78. The maximum atomic E-state index is 11.7. The third-order valence-corrected chi connectivity index (χ3v) is 2.00. The van der Waals surface area contributed by atoms with Gasteiger partial charge < -0.3 is 5.32 Å². The fourth-order valence-electron chi connectivity index (χ4n) is 0.695. The fraction of sp³-hybridized carbons (Fsp3) is 0.286. The molecule has 1 rings (SSSR count). The van der Waals surface area contributed by atoms with Crippen LogP contribution in [0.1, 0.15) is 6.42 Å². The number of thiazole rings is 1. The third kappa shape index (κ3) is 3.66. The molecule has 0 aliphatic heterocycles. The van der Waals surface area contributed by atoms with Crippen LogP contribution >= 0.6 is 11.3 Å². The standard InChI is InChI=1S/C7H5F3N2O2S/c8-7(9,10)4(13)3-5(14)12-6-11-1-2-15-6/h1-2H,3H2,(H,11,12,14). The summed E-state index contributed by atoms with van der Waals surface area (Å²) >= 11 is 1.05. The molecule has 4 nitrogen and oxygen atoms in total. The summed E-state index contributed by atoms with van der Waals surface area (Å²) in [6.45, 7) is 0. The van der Waals surface area contributed by atoms with E-state index in [1.807, 2.05) is 0 Å². The molecule has 0 aromatic carbocycles. The van der Waals surface area contributed by atoms with Gasteiger partial charge in [0.05, 0.1) is 6.42 Å². The zero-order valence-corrected chi connectivity index (χ0v) is 7.98. The van der Waals surface area contributed by atoms with Crippen LogP contribution in [0.15, 0.2) is 11.6 Å². The molecule has 0 aliphatic rings. The number of rotatable bonds is 3. The van der Waals surface area contributed by atoms with E-state index in [4.69, 9.17) is 0 Å². The largest absolute Gasteiger partial charge is 0.450 e. The van der Waals surface area contributed by atoms with Gasteiger partial charge in [0.1, 0.15) is 0 Å². The molecule has 15 heavy (non-hydrogen) atoms. The average Bonchev–Trinajstić information content (AvgIpc) is 2.54. The lowest BCUT2D eigenvalue weighted by Gasteiger charge is -2.04. The van der Waals surface area contributed by atoms with E-state index in [0.29, 0.717) is 0 Å². The zero-order valence-electron chi connectivity index (χ0n) is 7.17. The molecular formula is C7H5F3N2O2S. The number of anilines is 1. The molecular weight excluding hydrogens is 233 g/mol. The number of carbonyl (C=O) groups excluding carboxylic acids is 2. The first kappa shape index (κ1) is 11.6. The van der Waals surface area contributed by atoms with Crippen molar-refractivity contribution >= 4 is 28.2 Å². The number of nitrogens with zero attached hydrogens (tertiary/aromatic N) is 1. The highest BCUT2D eigenvalue weighted by molar-refractivity contribution is 7.13. The zero-order chi connectivity index (χ0) is 11.5. The quantitative estimate of drug-likeness (QED) is 0.814. The van der Waals surface area contributed by atoms with Crippen LogP contribution in [0, 0.1) is 0 Å². The number of amides is 1. The van der Waals surface area contributed by atoms with Crippen molar-refractivity contribution in [2.75, 3.05) is 5.32 Å². The SMILES string of the molecule is O=C(CC(=O)C(F)(F)F)Nc1nccs1. The Balaban J connectivity index is 2.47. The van der Waals surface area contributed by atoms with Crippen molar-refractivity contribution in [2.45, 2.75) is 12.6 Å². The number of ketones is 1. The molecule has 0 spiro atoms. The molecule has 1 amide bonds. The van der Waals surface area contributed by atoms with Crippen molar-refractivity contribution in [3.05, 3.63) is 11.6 Å². The lowest BCUT2D eigenvalue weighted by molar-refractivity contribution is -0.171. The molecule has 0 aliphatic carbocycles. The van der Waals surface area contributed by atoms with E-state index in [2.05, 4.69) is 10.3 Å². The fourth-order valence-corrected chi connectivity index (χ4v) is 1.24. The number of carbonyl (C=O) groups is 2. The molecule has 82 valence electrons. The predicted molar refractivity (Wildman–Crippen MR) is 46.4 cm³/mol. The van der Waals surface area contributed by atoms with Gasteiger partial charge in [0.15, 0.2) is 5.13 Å². The van der Waals surface area contributed by atoms with Crippen LogP contribution in [0.4, 0.5) is 18.3 Å². The van der Waals surface area contributed by atoms with Crippen LogP contribution in [0.25, 0.3) is 0 Å². The molecule has 1 N–H and O–H groups in total. The molecule has 0 unspecified atom stereocenters. The van der Waals surface area contributed by atoms with Gasteiger partial charge in [-0.15, -0.1) is 11.3 Å². The Hall–Kier alpha value is -1.44. The Bertz CT molecular complexity index is 361. The van der Waals surface area contributed by atoms with E-state index < -0.39 is 24.3 Å². The molecule has 0 saturated carbocycles. The monoisotopic (exact) mass is 238 g/mol. The number of hydrogen-bond acceptors (Lipinski definition) is 4. The molecule has 1 heterocycles. The Morgan fingerprint density at radius 1 is 1.47 bits per heavy atom. The molecule has 0 fully saturated rings. The summed E-state index contributed by atoms with van der Waals surface area (Å²) in [7, 11) is 0. The van der Waals surface area contributed by atoms with Crippen molar-refractivity contribution in [1.82, 2.24) is 4.98 Å². The van der Waals surface area contributed by atoms with Crippen LogP contribution in [0.3, 0.4) is 0 Å². The maximum absolute atomic E-state index is 11.7. The minimum atomic E-state index is -4.97. The average molecular weight is 238 g/mol. The highest BCUT2D eigenvalue weighted by Gasteiger charge is 2.39. The molecule has 1 aromatic rings. The lowest BCUT2D eigenvalue weighted by atomic mass is 10.2. The Labute approximate surface area is 86.1 Å². The van der Waals surface area contributed by atoms with Crippen LogP contribution < -0.4 is 5.32 Å². The second-order valence-corrected chi connectivity index (χ2v) is 3.38. The first-order valence-corrected chi connectivity index (χ1v) is 4.57. The number of hydrogen-bond donors (Lipinski definition) is 1. The van der Waals surface area contributed by atoms with Gasteiger partial charge in [0.2, 0.25) is 11.7 Å². The minimum Gasteiger partial charge on any atom is -0.302 e. The van der Waals surface area contributed by atoms with Crippen molar-refractivity contribution in [2.24, 2.45) is 0 Å². The predicted octanol–water partition coefficient (Wildman–Crippen LogP) is 1.60. The molecule has 0 saturated heterocycles. The summed E-state index contributed by atoms with van der Waals surface area (Å²) in [5.74, 6) is -3.09. The second kappa shape index (κ2) is 4.39. The summed E-state index contributed by atoms with van der Waals surface area (Å²) in [5.41, 5.74) is 0. The second-order valence-electron chi connectivity index (χ2n) is 2.48. The van der Waals surface area contributed by atoms with Crippen molar-refractivity contribution in [3.63, 3.8) is 0 Å². The number of aromatic nitrogens is 1. The first-order valence-electron chi connectivity index (χ1n) is 3.69. The van der Waals surface area contributed by atoms with Crippen molar-refractivity contribution < 1.29 is 22.8 Å². The van der Waals surface area contributed by atoms with Gasteiger partial charge in [0, 0.05) is 11.6 Å². The van der Waals surface area contributed by atoms with E-state index >= 15 is 0 Å². The molecule has 1 aromatic heterocycles. The van der Waals surface area contributed by atoms with E-state index in [0.717, 1.165) is 11.3 Å². The Kier molecular flexibility index (Phi) is 3.40. The normalized spacial score (nSPS) is 11.1. The number of alkyl halides is 3. The number of nitrogens with one attached hydrogen (secondary N) is 1. The van der Waals surface area contributed by atoms with Crippen LogP contribution in [0.5, 0.6) is 0 Å². The first-order chi connectivity index (χ1) is 6.89. The summed E-state index contributed by atoms with van der Waals surface area (Å²) in [6.07, 6.45) is -4.81. The van der Waals surface area contributed by atoms with E-state index in [9.17, 15) is 22.8 Å². The summed E-state index contributed by atoms with van der Waals surface area (Å²) in [6, 6.07) is 0. The summed E-state index contributed by atoms with van der Waals surface area (Å²) < 4.78 is 35.2. The van der Waals surface area contributed by atoms with E-state index in [1.165, 1.54) is 6.20 Å². The molecule has 8 heteroatoms. The topological polar surface area (TPSA) is 59.1 Å². The van der Waals surface area contributed by atoms with E-state index in [1.54, 1.807) is 5.38 Å². The van der Waals surface area contributed by atoms with Crippen molar-refractivity contribution in [1.29, 1.82) is 0 Å². The van der Waals surface area contributed by atoms with Crippen molar-refractivity contribution in [3.8, 4) is 0 Å². The van der Waals surface area contributed by atoms with Crippen LogP contribution in [-0.4, -0.2) is 22.9 Å². The maximum Gasteiger partial charge on any atom is 0.450 e.